The van der Waals surface area contributed by atoms with Gasteiger partial charge in [-0.1, -0.05) is 25.1 Å². The molecule has 0 unspecified atom stereocenters. The van der Waals surface area contributed by atoms with Crippen LogP contribution in [0.1, 0.15) is 18.9 Å². The summed E-state index contributed by atoms with van der Waals surface area (Å²) < 4.78 is 10.6. The van der Waals surface area contributed by atoms with E-state index in [9.17, 15) is 0 Å². The second-order valence-electron chi connectivity index (χ2n) is 3.63. The molecular weight excluding hydrogens is 202 g/mol. The van der Waals surface area contributed by atoms with Crippen LogP contribution in [0.25, 0.3) is 0 Å². The molecule has 0 saturated heterocycles. The number of hydrogen-bond acceptors (Lipinski definition) is 3. The molecule has 0 saturated carbocycles. The van der Waals surface area contributed by atoms with Gasteiger partial charge in [-0.05, 0) is 12.5 Å². The molecule has 0 aliphatic heterocycles. The lowest BCUT2D eigenvalue weighted by atomic mass is 10.2. The van der Waals surface area contributed by atoms with Gasteiger partial charge in [0.2, 0.25) is 0 Å². The maximum Gasteiger partial charge on any atom is 0.0733 e. The van der Waals surface area contributed by atoms with Crippen LogP contribution in [0.3, 0.4) is 0 Å². The average molecular weight is 223 g/mol. The van der Waals surface area contributed by atoms with E-state index in [2.05, 4.69) is 24.4 Å². The van der Waals surface area contributed by atoms with Gasteiger partial charge in [-0.3, -0.25) is 0 Å². The molecule has 1 aromatic carbocycles. The first kappa shape index (κ1) is 13.0. The van der Waals surface area contributed by atoms with E-state index in [1.54, 1.807) is 7.11 Å². The molecule has 1 N–H and O–H groups in total. The molecule has 0 atom stereocenters. The van der Waals surface area contributed by atoms with Gasteiger partial charge < -0.3 is 14.8 Å². The van der Waals surface area contributed by atoms with Crippen molar-refractivity contribution in [1.82, 2.24) is 0 Å². The van der Waals surface area contributed by atoms with Crippen LogP contribution < -0.4 is 5.32 Å². The molecule has 3 heteroatoms. The van der Waals surface area contributed by atoms with E-state index < -0.39 is 0 Å². The van der Waals surface area contributed by atoms with E-state index in [1.807, 2.05) is 12.1 Å². The Balaban J connectivity index is 2.34. The highest BCUT2D eigenvalue weighted by atomic mass is 16.5. The minimum Gasteiger partial charge on any atom is -0.382 e. The predicted molar refractivity (Wildman–Crippen MR) is 66.8 cm³/mol. The van der Waals surface area contributed by atoms with Crippen molar-refractivity contribution in [3.05, 3.63) is 29.8 Å². The molecule has 0 heterocycles. The second kappa shape index (κ2) is 8.13. The summed E-state index contributed by atoms with van der Waals surface area (Å²) in [7, 11) is 1.71. The molecule has 3 nitrogen and oxygen atoms in total. The van der Waals surface area contributed by atoms with Gasteiger partial charge in [-0.25, -0.2) is 0 Å². The van der Waals surface area contributed by atoms with Gasteiger partial charge in [0.05, 0.1) is 13.2 Å². The summed E-state index contributed by atoms with van der Waals surface area (Å²) >= 11 is 0. The molecule has 0 aromatic heterocycles. The molecule has 0 aliphatic rings. The zero-order chi connectivity index (χ0) is 11.6. The second-order valence-corrected chi connectivity index (χ2v) is 3.63. The third kappa shape index (κ3) is 4.64. The fourth-order valence-electron chi connectivity index (χ4n) is 1.48. The molecule has 0 bridgehead atoms. The average Bonchev–Trinajstić information content (AvgIpc) is 2.31. The minimum atomic E-state index is 0.638. The lowest BCUT2D eigenvalue weighted by Crippen LogP contribution is -2.11. The smallest absolute Gasteiger partial charge is 0.0733 e. The van der Waals surface area contributed by atoms with Gasteiger partial charge in [0, 0.05) is 31.5 Å². The van der Waals surface area contributed by atoms with E-state index in [1.165, 1.54) is 5.56 Å². The Labute approximate surface area is 97.8 Å². The molecule has 1 rings (SSSR count). The number of ether oxygens (including phenoxy) is 2. The van der Waals surface area contributed by atoms with Gasteiger partial charge in [-0.15, -0.1) is 0 Å². The Kier molecular flexibility index (Phi) is 6.61. The Morgan fingerprint density at radius 2 is 2.00 bits per heavy atom. The molecule has 1 aromatic rings. The third-order valence-electron chi connectivity index (χ3n) is 2.23. The number of benzene rings is 1. The molecule has 0 fully saturated rings. The predicted octanol–water partition coefficient (Wildman–Crippen LogP) is 2.67. The van der Waals surface area contributed by atoms with Crippen LogP contribution in [0.5, 0.6) is 0 Å². The van der Waals surface area contributed by atoms with Crippen LogP contribution in [0.4, 0.5) is 5.69 Å². The molecule has 0 aliphatic carbocycles. The quantitative estimate of drug-likeness (QED) is 0.687. The summed E-state index contributed by atoms with van der Waals surface area (Å²) in [6.45, 7) is 5.16. The van der Waals surface area contributed by atoms with Crippen LogP contribution in [0.2, 0.25) is 0 Å². The van der Waals surface area contributed by atoms with Gasteiger partial charge >= 0.3 is 0 Å². The topological polar surface area (TPSA) is 30.5 Å². The largest absolute Gasteiger partial charge is 0.382 e. The van der Waals surface area contributed by atoms with Crippen LogP contribution in [-0.2, 0) is 16.1 Å². The van der Waals surface area contributed by atoms with Crippen molar-refractivity contribution in [3.8, 4) is 0 Å². The summed E-state index contributed by atoms with van der Waals surface area (Å²) in [4.78, 5) is 0. The van der Waals surface area contributed by atoms with Crippen molar-refractivity contribution in [1.29, 1.82) is 0 Å². The monoisotopic (exact) mass is 223 g/mol. The highest BCUT2D eigenvalue weighted by Crippen LogP contribution is 2.15. The number of methoxy groups -OCH3 is 1. The van der Waals surface area contributed by atoms with Crippen LogP contribution in [-0.4, -0.2) is 26.9 Å². The maximum absolute atomic E-state index is 5.41. The van der Waals surface area contributed by atoms with E-state index in [-0.39, 0.29) is 0 Å². The van der Waals surface area contributed by atoms with E-state index in [0.29, 0.717) is 6.61 Å². The molecule has 0 spiro atoms. The van der Waals surface area contributed by atoms with Crippen molar-refractivity contribution in [3.63, 3.8) is 0 Å². The van der Waals surface area contributed by atoms with Crippen molar-refractivity contribution in [2.75, 3.05) is 32.2 Å². The fourth-order valence-corrected chi connectivity index (χ4v) is 1.48. The third-order valence-corrected chi connectivity index (χ3v) is 2.23. The van der Waals surface area contributed by atoms with Crippen molar-refractivity contribution in [2.24, 2.45) is 0 Å². The summed E-state index contributed by atoms with van der Waals surface area (Å²) in [5.74, 6) is 0. The van der Waals surface area contributed by atoms with Crippen molar-refractivity contribution in [2.45, 2.75) is 20.0 Å². The SMILES string of the molecule is CCCOCCNc1ccccc1COC. The number of hydrogen-bond donors (Lipinski definition) is 1. The van der Waals surface area contributed by atoms with Crippen molar-refractivity contribution >= 4 is 5.69 Å². The standard InChI is InChI=1S/C13H21NO2/c1-3-9-16-10-8-14-13-7-5-4-6-12(13)11-15-2/h4-7,14H,3,8-11H2,1-2H3. The summed E-state index contributed by atoms with van der Waals surface area (Å²) in [6.07, 6.45) is 1.07. The van der Waals surface area contributed by atoms with Gasteiger partial charge in [-0.2, -0.15) is 0 Å². The normalized spacial score (nSPS) is 10.4. The zero-order valence-electron chi connectivity index (χ0n) is 10.2. The first-order chi connectivity index (χ1) is 7.88. The summed E-state index contributed by atoms with van der Waals surface area (Å²) in [5.41, 5.74) is 2.31. The van der Waals surface area contributed by atoms with Crippen molar-refractivity contribution < 1.29 is 9.47 Å². The van der Waals surface area contributed by atoms with Crippen LogP contribution in [0, 0.1) is 0 Å². The Morgan fingerprint density at radius 3 is 2.75 bits per heavy atom. The minimum absolute atomic E-state index is 0.638. The molecule has 90 valence electrons. The van der Waals surface area contributed by atoms with Gasteiger partial charge in [0.15, 0.2) is 0 Å². The Morgan fingerprint density at radius 1 is 1.19 bits per heavy atom. The number of para-hydroxylation sites is 1. The van der Waals surface area contributed by atoms with Crippen LogP contribution >= 0.6 is 0 Å². The summed E-state index contributed by atoms with van der Waals surface area (Å²) in [5, 5.41) is 3.35. The van der Waals surface area contributed by atoms with E-state index >= 15 is 0 Å². The summed E-state index contributed by atoms with van der Waals surface area (Å²) in [6, 6.07) is 8.18. The number of nitrogens with one attached hydrogen (secondary N) is 1. The molecular formula is C13H21NO2. The van der Waals surface area contributed by atoms with E-state index in [4.69, 9.17) is 9.47 Å². The molecule has 16 heavy (non-hydrogen) atoms. The van der Waals surface area contributed by atoms with Gasteiger partial charge in [0.1, 0.15) is 0 Å². The van der Waals surface area contributed by atoms with Crippen LogP contribution in [0.15, 0.2) is 24.3 Å². The molecule has 0 amide bonds. The lowest BCUT2D eigenvalue weighted by molar-refractivity contribution is 0.144. The maximum atomic E-state index is 5.41. The molecule has 0 radical (unpaired) electrons. The highest BCUT2D eigenvalue weighted by Gasteiger charge is 1.99. The Hall–Kier alpha value is -1.06. The lowest BCUT2D eigenvalue weighted by Gasteiger charge is -2.11. The zero-order valence-corrected chi connectivity index (χ0v) is 10.2. The first-order valence-corrected chi connectivity index (χ1v) is 5.77. The number of rotatable bonds is 8. The number of anilines is 1. The Bertz CT molecular complexity index is 289. The first-order valence-electron chi connectivity index (χ1n) is 5.77. The van der Waals surface area contributed by atoms with E-state index in [0.717, 1.165) is 31.9 Å². The highest BCUT2D eigenvalue weighted by molar-refractivity contribution is 5.50. The van der Waals surface area contributed by atoms with Gasteiger partial charge in [0.25, 0.3) is 0 Å². The fraction of sp³-hybridized carbons (Fsp3) is 0.538.